The highest BCUT2D eigenvalue weighted by atomic mass is 35.5. The first-order chi connectivity index (χ1) is 10.1. The van der Waals surface area contributed by atoms with Crippen molar-refractivity contribution < 1.29 is 5.11 Å². The van der Waals surface area contributed by atoms with E-state index in [-0.39, 0.29) is 17.0 Å². The maximum Gasteiger partial charge on any atom is 0.274 e. The molecule has 0 atom stereocenters. The molecule has 0 spiro atoms. The van der Waals surface area contributed by atoms with E-state index in [2.05, 4.69) is 9.97 Å². The zero-order chi connectivity index (χ0) is 14.8. The molecule has 0 bridgehead atoms. The summed E-state index contributed by atoms with van der Waals surface area (Å²) in [6.45, 7) is 0. The van der Waals surface area contributed by atoms with E-state index in [1.54, 1.807) is 36.4 Å². The van der Waals surface area contributed by atoms with Crippen LogP contribution in [0, 0.1) is 0 Å². The van der Waals surface area contributed by atoms with Gasteiger partial charge in [0.15, 0.2) is 0 Å². The molecule has 21 heavy (non-hydrogen) atoms. The van der Waals surface area contributed by atoms with Gasteiger partial charge in [-0.3, -0.25) is 4.79 Å². The summed E-state index contributed by atoms with van der Waals surface area (Å²) >= 11 is 5.80. The third kappa shape index (κ3) is 2.80. The third-order valence-corrected chi connectivity index (χ3v) is 3.29. The Morgan fingerprint density at radius 2 is 1.86 bits per heavy atom. The molecule has 5 heteroatoms. The van der Waals surface area contributed by atoms with Crippen LogP contribution in [0.5, 0.6) is 0 Å². The maximum atomic E-state index is 12.0. The topological polar surface area (TPSA) is 66.0 Å². The number of fused-ring (bicyclic) bond motifs is 1. The smallest absolute Gasteiger partial charge is 0.274 e. The molecular formula is C16H11ClN2O2. The van der Waals surface area contributed by atoms with Gasteiger partial charge < -0.3 is 10.1 Å². The van der Waals surface area contributed by atoms with Gasteiger partial charge in [-0.1, -0.05) is 23.7 Å². The van der Waals surface area contributed by atoms with Crippen molar-refractivity contribution in [3.8, 4) is 0 Å². The highest BCUT2D eigenvalue weighted by molar-refractivity contribution is 6.30. The number of hydrogen-bond acceptors (Lipinski definition) is 3. The van der Waals surface area contributed by atoms with Gasteiger partial charge in [0.25, 0.3) is 5.56 Å². The zero-order valence-electron chi connectivity index (χ0n) is 10.9. The predicted molar refractivity (Wildman–Crippen MR) is 84.3 cm³/mol. The van der Waals surface area contributed by atoms with Gasteiger partial charge in [-0.25, -0.2) is 4.98 Å². The lowest BCUT2D eigenvalue weighted by Crippen LogP contribution is -2.12. The average Bonchev–Trinajstić information content (AvgIpc) is 2.48. The van der Waals surface area contributed by atoms with Crippen molar-refractivity contribution in [1.82, 2.24) is 9.97 Å². The second-order valence-electron chi connectivity index (χ2n) is 4.50. The van der Waals surface area contributed by atoms with Gasteiger partial charge in [0.05, 0.1) is 11.0 Å². The summed E-state index contributed by atoms with van der Waals surface area (Å²) in [6.07, 6.45) is 1.34. The van der Waals surface area contributed by atoms with Gasteiger partial charge in [-0.15, -0.1) is 0 Å². The van der Waals surface area contributed by atoms with Crippen LogP contribution in [0.15, 0.2) is 53.3 Å². The molecule has 1 aromatic heterocycles. The Labute approximate surface area is 125 Å². The lowest BCUT2D eigenvalue weighted by Gasteiger charge is -2.02. The van der Waals surface area contributed by atoms with E-state index in [0.717, 1.165) is 0 Å². The summed E-state index contributed by atoms with van der Waals surface area (Å²) in [5, 5.41) is 10.7. The fourth-order valence-electron chi connectivity index (χ4n) is 1.98. The van der Waals surface area contributed by atoms with Crippen LogP contribution in [-0.2, 0) is 0 Å². The number of rotatable bonds is 2. The first kappa shape index (κ1) is 13.4. The maximum absolute atomic E-state index is 12.0. The van der Waals surface area contributed by atoms with E-state index in [1.165, 1.54) is 6.08 Å². The number of aliphatic hydroxyl groups excluding tert-OH is 1. The second kappa shape index (κ2) is 5.42. The molecule has 3 rings (SSSR count). The molecule has 0 fully saturated rings. The molecule has 0 radical (unpaired) electrons. The Morgan fingerprint density at radius 3 is 2.62 bits per heavy atom. The van der Waals surface area contributed by atoms with Crippen molar-refractivity contribution >= 4 is 34.5 Å². The van der Waals surface area contributed by atoms with E-state index in [4.69, 9.17) is 11.6 Å². The Balaban J connectivity index is 2.07. The van der Waals surface area contributed by atoms with Crippen LogP contribution in [-0.4, -0.2) is 15.1 Å². The first-order valence-electron chi connectivity index (χ1n) is 6.29. The van der Waals surface area contributed by atoms with E-state index < -0.39 is 0 Å². The monoisotopic (exact) mass is 298 g/mol. The minimum absolute atomic E-state index is 0.0417. The highest BCUT2D eigenvalue weighted by Gasteiger charge is 2.05. The Hall–Kier alpha value is -2.59. The quantitative estimate of drug-likeness (QED) is 0.710. The summed E-state index contributed by atoms with van der Waals surface area (Å²) < 4.78 is 0. The molecule has 0 saturated heterocycles. The van der Waals surface area contributed by atoms with Crippen molar-refractivity contribution in [2.75, 3.05) is 0 Å². The number of aromatic amines is 1. The first-order valence-corrected chi connectivity index (χ1v) is 6.67. The standard InChI is InChI=1S/C16H11ClN2O2/c17-11-7-5-10(6-8-11)15(20)9-14-16(21)19-13-4-2-1-3-12(13)18-14/h1-9,20H,(H,19,21)/b15-9+. The molecule has 2 N–H and O–H groups in total. The van der Waals surface area contributed by atoms with Crippen LogP contribution in [0.2, 0.25) is 5.02 Å². The summed E-state index contributed by atoms with van der Waals surface area (Å²) in [5.74, 6) is -0.0417. The minimum Gasteiger partial charge on any atom is -0.507 e. The van der Waals surface area contributed by atoms with E-state index in [9.17, 15) is 9.90 Å². The fourth-order valence-corrected chi connectivity index (χ4v) is 2.10. The summed E-state index contributed by atoms with van der Waals surface area (Å²) in [6, 6.07) is 13.9. The molecular weight excluding hydrogens is 288 g/mol. The number of halogens is 1. The van der Waals surface area contributed by atoms with Crippen molar-refractivity contribution in [2.24, 2.45) is 0 Å². The number of para-hydroxylation sites is 2. The van der Waals surface area contributed by atoms with Gasteiger partial charge in [0, 0.05) is 16.7 Å². The number of aromatic nitrogens is 2. The van der Waals surface area contributed by atoms with Crippen molar-refractivity contribution in [1.29, 1.82) is 0 Å². The number of aliphatic hydroxyl groups is 1. The molecule has 1 heterocycles. The van der Waals surface area contributed by atoms with Crippen molar-refractivity contribution in [3.63, 3.8) is 0 Å². The predicted octanol–water partition coefficient (Wildman–Crippen LogP) is 3.63. The van der Waals surface area contributed by atoms with Gasteiger partial charge in [0.1, 0.15) is 11.5 Å². The Morgan fingerprint density at radius 1 is 1.14 bits per heavy atom. The van der Waals surface area contributed by atoms with E-state index >= 15 is 0 Å². The van der Waals surface area contributed by atoms with E-state index in [0.29, 0.717) is 21.6 Å². The minimum atomic E-state index is -0.353. The van der Waals surface area contributed by atoms with Gasteiger partial charge in [-0.05, 0) is 36.4 Å². The molecule has 104 valence electrons. The van der Waals surface area contributed by atoms with Gasteiger partial charge >= 0.3 is 0 Å². The van der Waals surface area contributed by atoms with Crippen LogP contribution < -0.4 is 5.56 Å². The molecule has 3 aromatic rings. The third-order valence-electron chi connectivity index (χ3n) is 3.04. The van der Waals surface area contributed by atoms with Crippen LogP contribution in [0.4, 0.5) is 0 Å². The molecule has 0 aliphatic rings. The normalized spacial score (nSPS) is 11.8. The summed E-state index contributed by atoms with van der Waals surface area (Å²) in [4.78, 5) is 18.9. The van der Waals surface area contributed by atoms with Gasteiger partial charge in [-0.2, -0.15) is 0 Å². The summed E-state index contributed by atoms with van der Waals surface area (Å²) in [7, 11) is 0. The van der Waals surface area contributed by atoms with Crippen molar-refractivity contribution in [3.05, 3.63) is 75.2 Å². The van der Waals surface area contributed by atoms with Crippen molar-refractivity contribution in [2.45, 2.75) is 0 Å². The Kier molecular flexibility index (Phi) is 3.46. The largest absolute Gasteiger partial charge is 0.507 e. The number of H-pyrrole nitrogens is 1. The van der Waals surface area contributed by atoms with Crippen LogP contribution in [0.3, 0.4) is 0 Å². The number of benzene rings is 2. The average molecular weight is 299 g/mol. The van der Waals surface area contributed by atoms with Crippen LogP contribution in [0.1, 0.15) is 11.3 Å². The summed E-state index contributed by atoms with van der Waals surface area (Å²) in [5.41, 5.74) is 1.68. The second-order valence-corrected chi connectivity index (χ2v) is 4.94. The Bertz CT molecular complexity index is 883. The number of nitrogens with one attached hydrogen (secondary N) is 1. The fraction of sp³-hybridized carbons (Fsp3) is 0. The van der Waals surface area contributed by atoms with Crippen LogP contribution in [0.25, 0.3) is 22.9 Å². The molecule has 2 aromatic carbocycles. The molecule has 0 amide bonds. The zero-order valence-corrected chi connectivity index (χ0v) is 11.6. The SMILES string of the molecule is O=c1[nH]c2ccccc2nc1/C=C(/O)c1ccc(Cl)cc1. The molecule has 0 aliphatic carbocycles. The molecule has 0 unspecified atom stereocenters. The number of hydrogen-bond donors (Lipinski definition) is 2. The number of nitrogens with zero attached hydrogens (tertiary/aromatic N) is 1. The lowest BCUT2D eigenvalue weighted by atomic mass is 10.1. The molecule has 4 nitrogen and oxygen atoms in total. The van der Waals surface area contributed by atoms with Gasteiger partial charge in [0.2, 0.25) is 0 Å². The lowest BCUT2D eigenvalue weighted by molar-refractivity contribution is 0.515. The highest BCUT2D eigenvalue weighted by Crippen LogP contribution is 2.17. The molecule has 0 saturated carbocycles. The molecule has 0 aliphatic heterocycles. The van der Waals surface area contributed by atoms with E-state index in [1.807, 2.05) is 12.1 Å². The van der Waals surface area contributed by atoms with Crippen LogP contribution >= 0.6 is 11.6 Å².